The predicted molar refractivity (Wildman–Crippen MR) is 85.3 cm³/mol. The average molecular weight is 300 g/mol. The smallest absolute Gasteiger partial charge is 0.268 e. The van der Waals surface area contributed by atoms with E-state index in [2.05, 4.69) is 15.3 Å². The van der Waals surface area contributed by atoms with E-state index < -0.39 is 0 Å². The Balaban J connectivity index is 1.85. The van der Waals surface area contributed by atoms with Crippen molar-refractivity contribution >= 4 is 33.8 Å². The Bertz CT molecular complexity index is 763. The lowest BCUT2D eigenvalue weighted by molar-refractivity contribution is 0.0931. The number of carbonyl (C=O) groups excluding carboxylic acids is 1. The van der Waals surface area contributed by atoms with Gasteiger partial charge in [-0.05, 0) is 18.6 Å². The van der Waals surface area contributed by atoms with Crippen molar-refractivity contribution in [3.8, 4) is 0 Å². The van der Waals surface area contributed by atoms with Crippen LogP contribution in [-0.4, -0.2) is 15.9 Å². The molecule has 6 heteroatoms. The van der Waals surface area contributed by atoms with E-state index in [0.29, 0.717) is 11.4 Å². The number of carbonyl (C=O) groups is 1. The number of hydrogen-bond donors (Lipinski definition) is 3. The molecule has 4 N–H and O–H groups in total. The summed E-state index contributed by atoms with van der Waals surface area (Å²) in [6, 6.07) is 7.36. The van der Waals surface area contributed by atoms with Crippen LogP contribution in [0.15, 0.2) is 35.8 Å². The van der Waals surface area contributed by atoms with E-state index in [1.54, 1.807) is 17.5 Å². The summed E-state index contributed by atoms with van der Waals surface area (Å²) in [5.41, 5.74) is 7.85. The quantitative estimate of drug-likeness (QED) is 0.647. The molecule has 0 radical (unpaired) electrons. The van der Waals surface area contributed by atoms with Gasteiger partial charge in [-0.15, -0.1) is 11.3 Å². The highest BCUT2D eigenvalue weighted by atomic mass is 32.1. The first-order valence-corrected chi connectivity index (χ1v) is 7.64. The Morgan fingerprint density at radius 1 is 1.52 bits per heavy atom. The van der Waals surface area contributed by atoms with Gasteiger partial charge in [-0.2, -0.15) is 0 Å². The molecule has 108 valence electrons. The minimum Gasteiger partial charge on any atom is -0.397 e. The first-order valence-electron chi connectivity index (χ1n) is 6.76. The van der Waals surface area contributed by atoms with Gasteiger partial charge in [0.15, 0.2) is 0 Å². The van der Waals surface area contributed by atoms with Crippen LogP contribution in [0.3, 0.4) is 0 Å². The molecule has 1 unspecified atom stereocenters. The maximum atomic E-state index is 12.4. The SMILES string of the molecule is CCC(NC(=O)c1cc2cccc(N)c2[nH]1)c1nccs1. The third kappa shape index (κ3) is 2.62. The van der Waals surface area contributed by atoms with Gasteiger partial charge in [0.05, 0.1) is 17.2 Å². The highest BCUT2D eigenvalue weighted by Crippen LogP contribution is 2.23. The zero-order chi connectivity index (χ0) is 14.8. The molecule has 0 aliphatic carbocycles. The van der Waals surface area contributed by atoms with Crippen LogP contribution in [-0.2, 0) is 0 Å². The molecule has 0 fully saturated rings. The van der Waals surface area contributed by atoms with E-state index in [9.17, 15) is 4.79 Å². The van der Waals surface area contributed by atoms with E-state index in [4.69, 9.17) is 5.73 Å². The van der Waals surface area contributed by atoms with Crippen molar-refractivity contribution in [2.75, 3.05) is 5.73 Å². The van der Waals surface area contributed by atoms with E-state index in [0.717, 1.165) is 22.3 Å². The number of nitrogens with zero attached hydrogens (tertiary/aromatic N) is 1. The zero-order valence-electron chi connectivity index (χ0n) is 11.6. The van der Waals surface area contributed by atoms with E-state index in [-0.39, 0.29) is 11.9 Å². The van der Waals surface area contributed by atoms with Gasteiger partial charge in [-0.25, -0.2) is 4.98 Å². The molecule has 1 aromatic carbocycles. The molecule has 3 rings (SSSR count). The van der Waals surface area contributed by atoms with Crippen LogP contribution in [0.2, 0.25) is 0 Å². The van der Waals surface area contributed by atoms with Crippen molar-refractivity contribution in [2.24, 2.45) is 0 Å². The van der Waals surface area contributed by atoms with Crippen LogP contribution >= 0.6 is 11.3 Å². The normalized spacial score (nSPS) is 12.4. The van der Waals surface area contributed by atoms with Crippen molar-refractivity contribution in [3.05, 3.63) is 46.5 Å². The molecule has 0 aliphatic rings. The number of nitrogens with one attached hydrogen (secondary N) is 2. The number of rotatable bonds is 4. The minimum absolute atomic E-state index is 0.0683. The number of hydrogen-bond acceptors (Lipinski definition) is 4. The number of thiazole rings is 1. The van der Waals surface area contributed by atoms with Crippen molar-refractivity contribution in [3.63, 3.8) is 0 Å². The summed E-state index contributed by atoms with van der Waals surface area (Å²) in [6.07, 6.45) is 2.54. The summed E-state index contributed by atoms with van der Waals surface area (Å²) in [5.74, 6) is -0.146. The predicted octanol–water partition coefficient (Wildman–Crippen LogP) is 3.09. The first kappa shape index (κ1) is 13.6. The van der Waals surface area contributed by atoms with Crippen LogP contribution < -0.4 is 11.1 Å². The number of anilines is 1. The standard InChI is InChI=1S/C15H16N4OS/c1-2-11(15-17-6-7-21-15)19-14(20)12-8-9-4-3-5-10(16)13(9)18-12/h3-8,11,18H,2,16H2,1H3,(H,19,20). The fourth-order valence-electron chi connectivity index (χ4n) is 2.28. The molecular weight excluding hydrogens is 284 g/mol. The molecule has 2 aromatic heterocycles. The second kappa shape index (κ2) is 5.57. The fourth-order valence-corrected chi connectivity index (χ4v) is 3.06. The highest BCUT2D eigenvalue weighted by molar-refractivity contribution is 7.09. The summed E-state index contributed by atoms with van der Waals surface area (Å²) in [6.45, 7) is 2.02. The third-order valence-corrected chi connectivity index (χ3v) is 4.29. The number of aromatic amines is 1. The molecular formula is C15H16N4OS. The number of H-pyrrole nitrogens is 1. The van der Waals surface area contributed by atoms with Gasteiger partial charge in [-0.1, -0.05) is 19.1 Å². The maximum Gasteiger partial charge on any atom is 0.268 e. The number of nitrogens with two attached hydrogens (primary N) is 1. The van der Waals surface area contributed by atoms with Crippen LogP contribution in [0.1, 0.15) is 34.9 Å². The lowest BCUT2D eigenvalue weighted by Gasteiger charge is -2.13. The van der Waals surface area contributed by atoms with Crippen LogP contribution in [0.5, 0.6) is 0 Å². The number of amides is 1. The summed E-state index contributed by atoms with van der Waals surface area (Å²) < 4.78 is 0. The van der Waals surface area contributed by atoms with Crippen LogP contribution in [0, 0.1) is 0 Å². The summed E-state index contributed by atoms with van der Waals surface area (Å²) in [5, 5.41) is 6.76. The van der Waals surface area contributed by atoms with Gasteiger partial charge < -0.3 is 16.0 Å². The van der Waals surface area contributed by atoms with Crippen molar-refractivity contribution in [2.45, 2.75) is 19.4 Å². The van der Waals surface area contributed by atoms with Gasteiger partial charge >= 0.3 is 0 Å². The van der Waals surface area contributed by atoms with Crippen LogP contribution in [0.4, 0.5) is 5.69 Å². The second-order valence-electron chi connectivity index (χ2n) is 4.80. The molecule has 1 atom stereocenters. The number of para-hydroxylation sites is 1. The highest BCUT2D eigenvalue weighted by Gasteiger charge is 2.17. The van der Waals surface area contributed by atoms with Crippen molar-refractivity contribution in [1.82, 2.24) is 15.3 Å². The Morgan fingerprint density at radius 3 is 3.05 bits per heavy atom. The summed E-state index contributed by atoms with van der Waals surface area (Å²) >= 11 is 1.54. The third-order valence-electron chi connectivity index (χ3n) is 3.40. The molecule has 2 heterocycles. The largest absolute Gasteiger partial charge is 0.397 e. The molecule has 0 saturated carbocycles. The maximum absolute atomic E-state index is 12.4. The molecule has 0 bridgehead atoms. The molecule has 5 nitrogen and oxygen atoms in total. The Labute approximate surface area is 126 Å². The van der Waals surface area contributed by atoms with Crippen molar-refractivity contribution in [1.29, 1.82) is 0 Å². The van der Waals surface area contributed by atoms with Gasteiger partial charge in [0.2, 0.25) is 0 Å². The Hall–Kier alpha value is -2.34. The fraction of sp³-hybridized carbons (Fsp3) is 0.200. The lowest BCUT2D eigenvalue weighted by Crippen LogP contribution is -2.28. The van der Waals surface area contributed by atoms with Gasteiger partial charge in [0, 0.05) is 17.0 Å². The Kier molecular flexibility index (Phi) is 3.62. The monoisotopic (exact) mass is 300 g/mol. The van der Waals surface area contributed by atoms with Gasteiger partial charge in [-0.3, -0.25) is 4.79 Å². The second-order valence-corrected chi connectivity index (χ2v) is 5.73. The average Bonchev–Trinajstić information content (AvgIpc) is 3.14. The van der Waals surface area contributed by atoms with Crippen LogP contribution in [0.25, 0.3) is 10.9 Å². The first-order chi connectivity index (χ1) is 10.2. The van der Waals surface area contributed by atoms with E-state index >= 15 is 0 Å². The lowest BCUT2D eigenvalue weighted by atomic mass is 10.2. The number of nitrogen functional groups attached to an aromatic ring is 1. The molecule has 0 spiro atoms. The topological polar surface area (TPSA) is 83.8 Å². The summed E-state index contributed by atoms with van der Waals surface area (Å²) in [7, 11) is 0. The zero-order valence-corrected chi connectivity index (χ0v) is 12.4. The molecule has 0 saturated heterocycles. The van der Waals surface area contributed by atoms with Crippen molar-refractivity contribution < 1.29 is 4.79 Å². The molecule has 3 aromatic rings. The summed E-state index contributed by atoms with van der Waals surface area (Å²) in [4.78, 5) is 19.7. The van der Waals surface area contributed by atoms with Gasteiger partial charge in [0.1, 0.15) is 10.7 Å². The number of aromatic nitrogens is 2. The molecule has 0 aliphatic heterocycles. The minimum atomic E-state index is -0.146. The van der Waals surface area contributed by atoms with Gasteiger partial charge in [0.25, 0.3) is 5.91 Å². The Morgan fingerprint density at radius 2 is 2.38 bits per heavy atom. The molecule has 1 amide bonds. The van der Waals surface area contributed by atoms with E-state index in [1.807, 2.05) is 36.6 Å². The molecule has 21 heavy (non-hydrogen) atoms. The number of benzene rings is 1. The number of fused-ring (bicyclic) bond motifs is 1. The van der Waals surface area contributed by atoms with E-state index in [1.165, 1.54) is 0 Å².